The average Bonchev–Trinajstić information content (AvgIpc) is 3.16. The number of fused-ring (bicyclic) bond motifs is 2. The second-order valence-electron chi connectivity index (χ2n) is 7.23. The van der Waals surface area contributed by atoms with Crippen LogP contribution >= 0.6 is 29.8 Å². The quantitative estimate of drug-likeness (QED) is 0.393. The van der Waals surface area contributed by atoms with Crippen molar-refractivity contribution >= 4 is 46.8 Å². The molecule has 0 amide bonds. The number of nitrogen functional groups attached to an aromatic ring is 1. The van der Waals surface area contributed by atoms with Crippen LogP contribution < -0.4 is 5.73 Å². The first-order valence-corrected chi connectivity index (χ1v) is 12.8. The van der Waals surface area contributed by atoms with Gasteiger partial charge in [0.05, 0.1) is 31.7 Å². The number of aliphatic hydroxyl groups is 2. The lowest BCUT2D eigenvalue weighted by Crippen LogP contribution is -2.35. The van der Waals surface area contributed by atoms with Crippen molar-refractivity contribution < 1.29 is 23.8 Å². The molecule has 0 bridgehead atoms. The topological polar surface area (TPSA) is 146 Å². The Bertz CT molecular complexity index is 969. The number of anilines is 1. The maximum atomic E-state index is 12.8. The fourth-order valence-electron chi connectivity index (χ4n) is 4.28. The zero-order valence-corrected chi connectivity index (χ0v) is 18.4. The number of aliphatic hydroxyl groups excluding tert-OH is 2. The van der Waals surface area contributed by atoms with Crippen molar-refractivity contribution in [2.24, 2.45) is 11.3 Å². The van der Waals surface area contributed by atoms with E-state index in [0.717, 1.165) is 11.4 Å². The molecule has 29 heavy (non-hydrogen) atoms. The fraction of sp³-hybridized carbons (Fsp3) is 0.688. The van der Waals surface area contributed by atoms with Gasteiger partial charge in [-0.15, -0.1) is 0 Å². The number of imidazole rings is 1. The monoisotopic (exact) mass is 463 g/mol. The molecular formula is C16H23ClN5O5PS. The van der Waals surface area contributed by atoms with Crippen molar-refractivity contribution in [1.29, 1.82) is 0 Å². The molecule has 2 heterocycles. The van der Waals surface area contributed by atoms with Gasteiger partial charge in [-0.1, -0.05) is 0 Å². The molecule has 2 aliphatic rings. The Morgan fingerprint density at radius 2 is 2.07 bits per heavy atom. The Balaban J connectivity index is 1.60. The molecule has 13 heteroatoms. The lowest BCUT2D eigenvalue weighted by Gasteiger charge is -2.25. The molecule has 0 spiro atoms. The summed E-state index contributed by atoms with van der Waals surface area (Å²) in [5.74, 6) is 0.441. The molecule has 2 fully saturated rings. The van der Waals surface area contributed by atoms with E-state index in [1.165, 1.54) is 6.33 Å². The predicted molar refractivity (Wildman–Crippen MR) is 110 cm³/mol. The van der Waals surface area contributed by atoms with Gasteiger partial charge in [0, 0.05) is 11.2 Å². The Morgan fingerprint density at radius 1 is 1.38 bits per heavy atom. The molecule has 5 atom stereocenters. The Labute approximate surface area is 176 Å². The van der Waals surface area contributed by atoms with Gasteiger partial charge < -0.3 is 29.6 Å². The fourth-order valence-corrected chi connectivity index (χ4v) is 8.49. The van der Waals surface area contributed by atoms with Crippen molar-refractivity contribution in [2.75, 3.05) is 24.7 Å². The Hall–Kier alpha value is -0.940. The highest BCUT2D eigenvalue weighted by Gasteiger charge is 2.71. The Morgan fingerprint density at radius 3 is 2.72 bits per heavy atom. The standard InChI is InChI=1S/C16H23ClN5O5PS/c1-3-26-28(25,27-4-2)29-6-16-5-8(16)10(11(23)12(16)24)22-7-19-9-13(18)20-15(17)21-14(9)22/h7-8,10-12,23-24H,3-6H2,1-2H3,(H2,18,20,21)/t8-,10-,11+,12+,16+/m1/s1. The van der Waals surface area contributed by atoms with Gasteiger partial charge in [-0.2, -0.15) is 9.97 Å². The van der Waals surface area contributed by atoms with Crippen LogP contribution in [0.3, 0.4) is 0 Å². The summed E-state index contributed by atoms with van der Waals surface area (Å²) in [5, 5.41) is 21.6. The van der Waals surface area contributed by atoms with Gasteiger partial charge >= 0.3 is 6.80 Å². The van der Waals surface area contributed by atoms with Crippen LogP contribution in [0.5, 0.6) is 0 Å². The van der Waals surface area contributed by atoms with Crippen LogP contribution in [0.25, 0.3) is 11.2 Å². The van der Waals surface area contributed by atoms with Crippen LogP contribution in [0.2, 0.25) is 5.28 Å². The zero-order valence-electron chi connectivity index (χ0n) is 15.9. The largest absolute Gasteiger partial charge is 0.390 e. The molecule has 0 unspecified atom stereocenters. The highest BCUT2D eigenvalue weighted by molar-refractivity contribution is 8.55. The summed E-state index contributed by atoms with van der Waals surface area (Å²) in [6.45, 7) is 0.702. The van der Waals surface area contributed by atoms with Crippen molar-refractivity contribution in [2.45, 2.75) is 38.5 Å². The summed E-state index contributed by atoms with van der Waals surface area (Å²) in [6.07, 6.45) is 0.156. The van der Waals surface area contributed by atoms with Gasteiger partial charge in [-0.05, 0) is 49.2 Å². The van der Waals surface area contributed by atoms with Crippen molar-refractivity contribution in [3.63, 3.8) is 0 Å². The molecule has 160 valence electrons. The summed E-state index contributed by atoms with van der Waals surface area (Å²) in [7, 11) is 0. The molecular weight excluding hydrogens is 441 g/mol. The number of hydrogen-bond donors (Lipinski definition) is 3. The zero-order chi connectivity index (χ0) is 21.0. The summed E-state index contributed by atoms with van der Waals surface area (Å²) in [6, 6.07) is -0.459. The van der Waals surface area contributed by atoms with E-state index in [9.17, 15) is 14.8 Å². The minimum absolute atomic E-state index is 0.0169. The predicted octanol–water partition coefficient (Wildman–Crippen LogP) is 2.26. The van der Waals surface area contributed by atoms with Crippen LogP contribution in [-0.4, -0.2) is 60.9 Å². The second-order valence-corrected chi connectivity index (χ2v) is 11.6. The van der Waals surface area contributed by atoms with Crippen LogP contribution in [0.1, 0.15) is 26.3 Å². The van der Waals surface area contributed by atoms with E-state index >= 15 is 0 Å². The molecule has 0 aliphatic heterocycles. The molecule has 0 radical (unpaired) electrons. The summed E-state index contributed by atoms with van der Waals surface area (Å²) >= 11 is 7.01. The van der Waals surface area contributed by atoms with E-state index in [1.807, 2.05) is 0 Å². The molecule has 0 saturated heterocycles. The minimum atomic E-state index is -3.32. The first-order chi connectivity index (χ1) is 13.8. The number of nitrogens with zero attached hydrogens (tertiary/aromatic N) is 4. The van der Waals surface area contributed by atoms with E-state index in [0.29, 0.717) is 23.3 Å². The van der Waals surface area contributed by atoms with E-state index in [1.54, 1.807) is 18.4 Å². The van der Waals surface area contributed by atoms with Gasteiger partial charge in [0.25, 0.3) is 0 Å². The van der Waals surface area contributed by atoms with Gasteiger partial charge in [0.1, 0.15) is 11.6 Å². The molecule has 2 saturated carbocycles. The molecule has 2 aromatic rings. The third kappa shape index (κ3) is 3.46. The number of nitrogens with two attached hydrogens (primary N) is 1. The molecule has 2 aliphatic carbocycles. The summed E-state index contributed by atoms with van der Waals surface area (Å²) in [5.41, 5.74) is 6.08. The van der Waals surface area contributed by atoms with Crippen molar-refractivity contribution in [3.8, 4) is 0 Å². The van der Waals surface area contributed by atoms with Crippen LogP contribution in [0, 0.1) is 11.3 Å². The molecule has 10 nitrogen and oxygen atoms in total. The van der Waals surface area contributed by atoms with E-state index in [-0.39, 0.29) is 30.2 Å². The first-order valence-electron chi connectivity index (χ1n) is 9.31. The first kappa shape index (κ1) is 21.3. The van der Waals surface area contributed by atoms with Crippen LogP contribution in [0.4, 0.5) is 5.82 Å². The van der Waals surface area contributed by atoms with Gasteiger partial charge in [-0.3, -0.25) is 0 Å². The second kappa shape index (κ2) is 7.64. The van der Waals surface area contributed by atoms with Crippen LogP contribution in [0.15, 0.2) is 6.33 Å². The lowest BCUT2D eigenvalue weighted by molar-refractivity contribution is -0.0126. The smallest absolute Gasteiger partial charge is 0.389 e. The van der Waals surface area contributed by atoms with E-state index in [4.69, 9.17) is 26.4 Å². The summed E-state index contributed by atoms with van der Waals surface area (Å²) in [4.78, 5) is 12.3. The minimum Gasteiger partial charge on any atom is -0.390 e. The maximum Gasteiger partial charge on any atom is 0.389 e. The van der Waals surface area contributed by atoms with Crippen LogP contribution in [-0.2, 0) is 13.6 Å². The normalized spacial score (nSPS) is 31.3. The van der Waals surface area contributed by atoms with Gasteiger partial charge in [0.2, 0.25) is 5.28 Å². The molecule has 4 rings (SSSR count). The van der Waals surface area contributed by atoms with E-state index in [2.05, 4.69) is 15.0 Å². The Kier molecular flexibility index (Phi) is 5.61. The lowest BCUT2D eigenvalue weighted by atomic mass is 10.0. The van der Waals surface area contributed by atoms with Crippen molar-refractivity contribution in [3.05, 3.63) is 11.6 Å². The molecule has 2 aromatic heterocycles. The highest BCUT2D eigenvalue weighted by atomic mass is 35.5. The molecule has 0 aromatic carbocycles. The maximum absolute atomic E-state index is 12.8. The number of aromatic nitrogens is 4. The van der Waals surface area contributed by atoms with Gasteiger partial charge in [0.15, 0.2) is 11.5 Å². The molecule has 4 N–H and O–H groups in total. The SMILES string of the molecule is CCOP(=O)(OCC)SC[C@@]12C[C@@H]1[C@@H](n1cnc3c(N)nc(Cl)nc31)[C@H](O)[C@@H]2O. The summed E-state index contributed by atoms with van der Waals surface area (Å²) < 4.78 is 25.1. The third-order valence-corrected chi connectivity index (χ3v) is 9.93. The van der Waals surface area contributed by atoms with Gasteiger partial charge in [-0.25, -0.2) is 9.55 Å². The third-order valence-electron chi connectivity index (χ3n) is 5.66. The number of halogens is 1. The van der Waals surface area contributed by atoms with E-state index < -0.39 is 30.5 Å². The number of rotatable bonds is 8. The van der Waals surface area contributed by atoms with Crippen molar-refractivity contribution in [1.82, 2.24) is 19.5 Å². The average molecular weight is 464 g/mol. The number of hydrogen-bond acceptors (Lipinski definition) is 10. The highest BCUT2D eigenvalue weighted by Crippen LogP contribution is 2.72.